The van der Waals surface area contributed by atoms with Crippen LogP contribution in [-0.4, -0.2) is 31.5 Å². The van der Waals surface area contributed by atoms with Crippen molar-refractivity contribution in [3.8, 4) is 22.6 Å². The monoisotopic (exact) mass is 381 g/mol. The van der Waals surface area contributed by atoms with E-state index in [4.69, 9.17) is 13.9 Å². The van der Waals surface area contributed by atoms with Crippen molar-refractivity contribution in [2.75, 3.05) is 20.3 Å². The molecule has 0 amide bonds. The molecule has 2 aromatic carbocycles. The van der Waals surface area contributed by atoms with E-state index in [2.05, 4.69) is 5.32 Å². The van der Waals surface area contributed by atoms with Crippen molar-refractivity contribution >= 4 is 11.0 Å². The molecule has 28 heavy (non-hydrogen) atoms. The molecule has 1 saturated heterocycles. The lowest BCUT2D eigenvalue weighted by molar-refractivity contribution is 0.110. The molecule has 1 fully saturated rings. The highest BCUT2D eigenvalue weighted by Gasteiger charge is 2.17. The van der Waals surface area contributed by atoms with Crippen LogP contribution in [0.4, 0.5) is 0 Å². The molecule has 0 unspecified atom stereocenters. The minimum Gasteiger partial charge on any atom is -0.507 e. The van der Waals surface area contributed by atoms with Crippen LogP contribution >= 0.6 is 0 Å². The Bertz CT molecular complexity index is 1020. The maximum Gasteiger partial charge on any atom is 0.336 e. The van der Waals surface area contributed by atoms with Crippen molar-refractivity contribution in [3.05, 3.63) is 58.4 Å². The molecule has 0 saturated carbocycles. The second kappa shape index (κ2) is 8.04. The van der Waals surface area contributed by atoms with E-state index in [0.717, 1.165) is 41.7 Å². The Morgan fingerprint density at radius 3 is 2.75 bits per heavy atom. The van der Waals surface area contributed by atoms with Gasteiger partial charge in [-0.15, -0.1) is 0 Å². The number of fused-ring (bicyclic) bond motifs is 1. The number of methoxy groups -OCH3 is 1. The maximum absolute atomic E-state index is 12.2. The lowest BCUT2D eigenvalue weighted by atomic mass is 9.99. The van der Waals surface area contributed by atoms with E-state index >= 15 is 0 Å². The fraction of sp³-hybridized carbons (Fsp3) is 0.318. The minimum absolute atomic E-state index is 0.0994. The number of phenols is 1. The van der Waals surface area contributed by atoms with Gasteiger partial charge in [-0.3, -0.25) is 0 Å². The highest BCUT2D eigenvalue weighted by molar-refractivity contribution is 5.95. The first-order valence-electron chi connectivity index (χ1n) is 9.41. The Morgan fingerprint density at radius 2 is 2.04 bits per heavy atom. The zero-order chi connectivity index (χ0) is 19.5. The third kappa shape index (κ3) is 3.74. The highest BCUT2D eigenvalue weighted by atomic mass is 16.5. The first-order valence-corrected chi connectivity index (χ1v) is 9.41. The minimum atomic E-state index is -0.454. The van der Waals surface area contributed by atoms with Gasteiger partial charge in [0.15, 0.2) is 0 Å². The van der Waals surface area contributed by atoms with Crippen molar-refractivity contribution in [2.24, 2.45) is 0 Å². The summed E-state index contributed by atoms with van der Waals surface area (Å²) in [6.45, 7) is 1.88. The van der Waals surface area contributed by atoms with Crippen molar-refractivity contribution in [1.29, 1.82) is 0 Å². The summed E-state index contributed by atoms with van der Waals surface area (Å²) in [6.07, 6.45) is 2.30. The van der Waals surface area contributed by atoms with E-state index in [1.807, 2.05) is 24.3 Å². The molecule has 2 heterocycles. The second-order valence-corrected chi connectivity index (χ2v) is 6.91. The molecule has 1 aliphatic heterocycles. The third-order valence-corrected chi connectivity index (χ3v) is 5.09. The summed E-state index contributed by atoms with van der Waals surface area (Å²) in [5, 5.41) is 14.5. The quantitative estimate of drug-likeness (QED) is 0.637. The summed E-state index contributed by atoms with van der Waals surface area (Å²) < 4.78 is 16.3. The van der Waals surface area contributed by atoms with E-state index in [0.29, 0.717) is 24.2 Å². The fourth-order valence-corrected chi connectivity index (χ4v) is 3.62. The zero-order valence-corrected chi connectivity index (χ0v) is 15.7. The molecule has 4 rings (SSSR count). The molecule has 6 heteroatoms. The lowest BCUT2D eigenvalue weighted by Gasteiger charge is -2.14. The van der Waals surface area contributed by atoms with Gasteiger partial charge < -0.3 is 24.3 Å². The smallest absolute Gasteiger partial charge is 0.336 e. The van der Waals surface area contributed by atoms with Crippen molar-refractivity contribution < 1.29 is 19.0 Å². The molecule has 3 aromatic rings. The van der Waals surface area contributed by atoms with Crippen molar-refractivity contribution in [1.82, 2.24) is 5.32 Å². The Hall–Kier alpha value is -2.83. The number of ether oxygens (including phenoxy) is 2. The number of nitrogens with one attached hydrogen (secondary N) is 1. The Labute approximate surface area is 162 Å². The van der Waals surface area contributed by atoms with Crippen LogP contribution in [-0.2, 0) is 11.3 Å². The van der Waals surface area contributed by atoms with Crippen LogP contribution in [0.3, 0.4) is 0 Å². The molecule has 0 spiro atoms. The molecule has 0 bridgehead atoms. The predicted octanol–water partition coefficient (Wildman–Crippen LogP) is 3.44. The van der Waals surface area contributed by atoms with Crippen LogP contribution in [0.1, 0.15) is 18.4 Å². The van der Waals surface area contributed by atoms with Crippen LogP contribution in [0.5, 0.6) is 11.5 Å². The summed E-state index contributed by atoms with van der Waals surface area (Å²) in [4.78, 5) is 12.2. The third-order valence-electron chi connectivity index (χ3n) is 5.09. The predicted molar refractivity (Wildman–Crippen MR) is 107 cm³/mol. The van der Waals surface area contributed by atoms with Crippen molar-refractivity contribution in [3.63, 3.8) is 0 Å². The van der Waals surface area contributed by atoms with Crippen LogP contribution in [0.25, 0.3) is 22.1 Å². The lowest BCUT2D eigenvalue weighted by Crippen LogP contribution is -2.26. The van der Waals surface area contributed by atoms with E-state index < -0.39 is 5.63 Å². The summed E-state index contributed by atoms with van der Waals surface area (Å²) >= 11 is 0. The molecular weight excluding hydrogens is 358 g/mol. The van der Waals surface area contributed by atoms with E-state index in [1.54, 1.807) is 19.2 Å². The van der Waals surface area contributed by atoms with Gasteiger partial charge in [0, 0.05) is 31.1 Å². The molecule has 6 nitrogen and oxygen atoms in total. The number of hydrogen-bond acceptors (Lipinski definition) is 6. The SMILES string of the molecule is COc1ccc(-c2cc(=O)oc3c(CNC[C@@H]4CCCO4)c(O)ccc23)cc1. The van der Waals surface area contributed by atoms with Gasteiger partial charge in [-0.05, 0) is 48.2 Å². The van der Waals surface area contributed by atoms with Crippen LogP contribution in [0.2, 0.25) is 0 Å². The summed E-state index contributed by atoms with van der Waals surface area (Å²) in [7, 11) is 1.61. The standard InChI is InChI=1S/C22H23NO5/c1-26-15-6-4-14(5-7-15)18-11-21(25)28-22-17(18)8-9-20(24)19(22)13-23-12-16-3-2-10-27-16/h4-9,11,16,23-24H,2-3,10,12-13H2,1H3/t16-/m0/s1. The normalized spacial score (nSPS) is 16.5. The molecule has 146 valence electrons. The molecule has 1 aromatic heterocycles. The molecular formula is C22H23NO5. The van der Waals surface area contributed by atoms with Gasteiger partial charge in [-0.1, -0.05) is 12.1 Å². The molecule has 1 atom stereocenters. The number of benzene rings is 2. The Balaban J connectivity index is 1.70. The van der Waals surface area contributed by atoms with Crippen LogP contribution in [0, 0.1) is 0 Å². The Morgan fingerprint density at radius 1 is 1.21 bits per heavy atom. The van der Waals surface area contributed by atoms with Crippen LogP contribution in [0.15, 0.2) is 51.7 Å². The molecule has 0 radical (unpaired) electrons. The van der Waals surface area contributed by atoms with Gasteiger partial charge in [-0.2, -0.15) is 0 Å². The summed E-state index contributed by atoms with van der Waals surface area (Å²) in [5.74, 6) is 0.843. The van der Waals surface area contributed by atoms with Crippen molar-refractivity contribution in [2.45, 2.75) is 25.5 Å². The molecule has 0 aliphatic carbocycles. The second-order valence-electron chi connectivity index (χ2n) is 6.91. The van der Waals surface area contributed by atoms with Gasteiger partial charge in [-0.25, -0.2) is 4.79 Å². The molecule has 2 N–H and O–H groups in total. The van der Waals surface area contributed by atoms with Crippen LogP contribution < -0.4 is 15.7 Å². The first kappa shape index (κ1) is 18.5. The largest absolute Gasteiger partial charge is 0.507 e. The maximum atomic E-state index is 12.2. The van der Waals surface area contributed by atoms with E-state index in [-0.39, 0.29) is 11.9 Å². The van der Waals surface area contributed by atoms with Gasteiger partial charge in [0.25, 0.3) is 0 Å². The number of aromatic hydroxyl groups is 1. The Kier molecular flexibility index (Phi) is 5.32. The van der Waals surface area contributed by atoms with Gasteiger partial charge in [0.1, 0.15) is 17.1 Å². The fourth-order valence-electron chi connectivity index (χ4n) is 3.62. The average Bonchev–Trinajstić information content (AvgIpc) is 3.23. The number of hydrogen-bond donors (Lipinski definition) is 2. The van der Waals surface area contributed by atoms with Gasteiger partial charge in [0.2, 0.25) is 0 Å². The first-order chi connectivity index (χ1) is 13.7. The van der Waals surface area contributed by atoms with Gasteiger partial charge >= 0.3 is 5.63 Å². The number of phenolic OH excluding ortho intramolecular Hbond substituents is 1. The number of rotatable bonds is 6. The highest BCUT2D eigenvalue weighted by Crippen LogP contribution is 2.33. The molecule has 1 aliphatic rings. The average molecular weight is 381 g/mol. The summed E-state index contributed by atoms with van der Waals surface area (Å²) in [6, 6.07) is 12.4. The topological polar surface area (TPSA) is 80.9 Å². The van der Waals surface area contributed by atoms with Gasteiger partial charge in [0.05, 0.1) is 18.8 Å². The summed E-state index contributed by atoms with van der Waals surface area (Å²) in [5.41, 5.74) is 2.15. The van der Waals surface area contributed by atoms with E-state index in [9.17, 15) is 9.90 Å². The van der Waals surface area contributed by atoms with E-state index in [1.165, 1.54) is 6.07 Å². The zero-order valence-electron chi connectivity index (χ0n) is 15.7.